The molecule has 0 spiro atoms. The van der Waals surface area contributed by atoms with Crippen LogP contribution < -0.4 is 4.74 Å². The molecule has 98 valence electrons. The van der Waals surface area contributed by atoms with Gasteiger partial charge >= 0.3 is 0 Å². The van der Waals surface area contributed by atoms with Crippen molar-refractivity contribution < 1.29 is 9.53 Å². The zero-order chi connectivity index (χ0) is 14.0. The molecule has 0 bridgehead atoms. The monoisotopic (exact) mass is 314 g/mol. The van der Waals surface area contributed by atoms with Crippen molar-refractivity contribution in [1.82, 2.24) is 0 Å². The molecule has 0 heterocycles. The highest BCUT2D eigenvalue weighted by Crippen LogP contribution is 2.30. The Bertz CT molecular complexity index is 618. The Morgan fingerprint density at radius 2 is 1.63 bits per heavy atom. The van der Waals surface area contributed by atoms with Crippen LogP contribution in [-0.4, -0.2) is 12.9 Å². The Kier molecular flexibility index (Phi) is 4.35. The molecule has 0 aliphatic heterocycles. The first-order chi connectivity index (χ1) is 9.04. The number of halogens is 3. The number of ketones is 1. The van der Waals surface area contributed by atoms with Gasteiger partial charge in [0.25, 0.3) is 0 Å². The lowest BCUT2D eigenvalue weighted by Crippen LogP contribution is -2.03. The molecule has 0 aliphatic carbocycles. The topological polar surface area (TPSA) is 26.3 Å². The molecule has 0 atom stereocenters. The minimum atomic E-state index is -0.273. The van der Waals surface area contributed by atoms with E-state index in [0.29, 0.717) is 26.4 Å². The lowest BCUT2D eigenvalue weighted by molar-refractivity contribution is 0.103. The van der Waals surface area contributed by atoms with Gasteiger partial charge in [-0.25, -0.2) is 0 Å². The molecule has 2 aromatic carbocycles. The molecule has 0 radical (unpaired) electrons. The van der Waals surface area contributed by atoms with E-state index in [4.69, 9.17) is 39.5 Å². The van der Waals surface area contributed by atoms with Crippen molar-refractivity contribution in [3.63, 3.8) is 0 Å². The van der Waals surface area contributed by atoms with Gasteiger partial charge in [-0.05, 0) is 30.3 Å². The van der Waals surface area contributed by atoms with Gasteiger partial charge in [0.15, 0.2) is 5.78 Å². The maximum absolute atomic E-state index is 12.4. The number of methoxy groups -OCH3 is 1. The highest BCUT2D eigenvalue weighted by atomic mass is 35.5. The predicted molar refractivity (Wildman–Crippen MR) is 77.9 cm³/mol. The van der Waals surface area contributed by atoms with Crippen molar-refractivity contribution in [1.29, 1.82) is 0 Å². The van der Waals surface area contributed by atoms with Gasteiger partial charge in [-0.3, -0.25) is 4.79 Å². The molecule has 0 fully saturated rings. The molecule has 0 saturated carbocycles. The van der Waals surface area contributed by atoms with Crippen molar-refractivity contribution in [2.24, 2.45) is 0 Å². The molecule has 2 nitrogen and oxygen atoms in total. The van der Waals surface area contributed by atoms with Gasteiger partial charge in [-0.1, -0.05) is 40.9 Å². The van der Waals surface area contributed by atoms with Crippen LogP contribution >= 0.6 is 34.8 Å². The number of hydrogen-bond acceptors (Lipinski definition) is 2. The van der Waals surface area contributed by atoms with Gasteiger partial charge in [0.1, 0.15) is 5.75 Å². The standard InChI is InChI=1S/C14H9Cl3O2/c1-19-12-7-8(5-6-9(12)15)14(18)13-10(16)3-2-4-11(13)17/h2-7H,1H3. The van der Waals surface area contributed by atoms with E-state index in [9.17, 15) is 4.79 Å². The van der Waals surface area contributed by atoms with E-state index in [1.807, 2.05) is 0 Å². The smallest absolute Gasteiger partial charge is 0.196 e. The fourth-order valence-electron chi connectivity index (χ4n) is 1.66. The van der Waals surface area contributed by atoms with E-state index >= 15 is 0 Å². The Morgan fingerprint density at radius 1 is 1.00 bits per heavy atom. The largest absolute Gasteiger partial charge is 0.495 e. The summed E-state index contributed by atoms with van der Waals surface area (Å²) in [5.74, 6) is 0.154. The zero-order valence-electron chi connectivity index (χ0n) is 9.91. The summed E-state index contributed by atoms with van der Waals surface area (Å²) in [5, 5.41) is 1.06. The molecular weight excluding hydrogens is 307 g/mol. The van der Waals surface area contributed by atoms with Gasteiger partial charge in [0.05, 0.1) is 27.7 Å². The van der Waals surface area contributed by atoms with E-state index in [0.717, 1.165) is 0 Å². The van der Waals surface area contributed by atoms with Crippen molar-refractivity contribution in [2.45, 2.75) is 0 Å². The van der Waals surface area contributed by atoms with Crippen LogP contribution in [0.4, 0.5) is 0 Å². The summed E-state index contributed by atoms with van der Waals surface area (Å²) in [6, 6.07) is 9.68. The van der Waals surface area contributed by atoms with E-state index < -0.39 is 0 Å². The Morgan fingerprint density at radius 3 is 2.21 bits per heavy atom. The van der Waals surface area contributed by atoms with Crippen LogP contribution in [0.15, 0.2) is 36.4 Å². The fourth-order valence-corrected chi connectivity index (χ4v) is 2.42. The summed E-state index contributed by atoms with van der Waals surface area (Å²) in [7, 11) is 1.48. The molecule has 2 rings (SSSR count). The lowest BCUT2D eigenvalue weighted by atomic mass is 10.0. The summed E-state index contributed by atoms with van der Waals surface area (Å²) >= 11 is 18.0. The number of benzene rings is 2. The second kappa shape index (κ2) is 5.83. The maximum atomic E-state index is 12.4. The average Bonchev–Trinajstić information content (AvgIpc) is 2.39. The van der Waals surface area contributed by atoms with Crippen LogP contribution in [0, 0.1) is 0 Å². The highest BCUT2D eigenvalue weighted by molar-refractivity contribution is 6.41. The first kappa shape index (κ1) is 14.2. The van der Waals surface area contributed by atoms with Crippen LogP contribution in [0.3, 0.4) is 0 Å². The summed E-state index contributed by atoms with van der Waals surface area (Å²) < 4.78 is 5.08. The van der Waals surface area contributed by atoms with Gasteiger partial charge in [0.2, 0.25) is 0 Å². The highest BCUT2D eigenvalue weighted by Gasteiger charge is 2.17. The molecule has 0 saturated heterocycles. The number of carbonyl (C=O) groups is 1. The Labute approximate surface area is 125 Å². The molecule has 0 aromatic heterocycles. The molecule has 0 N–H and O–H groups in total. The van der Waals surface area contributed by atoms with Crippen molar-refractivity contribution in [3.8, 4) is 5.75 Å². The van der Waals surface area contributed by atoms with Crippen molar-refractivity contribution in [2.75, 3.05) is 7.11 Å². The molecule has 2 aromatic rings. The van der Waals surface area contributed by atoms with Crippen molar-refractivity contribution >= 4 is 40.6 Å². The number of hydrogen-bond donors (Lipinski definition) is 0. The van der Waals surface area contributed by atoms with Crippen LogP contribution in [-0.2, 0) is 0 Å². The van der Waals surface area contributed by atoms with Crippen LogP contribution in [0.25, 0.3) is 0 Å². The molecule has 5 heteroatoms. The van der Waals surface area contributed by atoms with Crippen LogP contribution in [0.2, 0.25) is 15.1 Å². The first-order valence-electron chi connectivity index (χ1n) is 5.37. The summed E-state index contributed by atoms with van der Waals surface area (Å²) in [6.07, 6.45) is 0. The molecule has 0 amide bonds. The van der Waals surface area contributed by atoms with Crippen molar-refractivity contribution in [3.05, 3.63) is 62.6 Å². The van der Waals surface area contributed by atoms with Gasteiger partial charge in [-0.2, -0.15) is 0 Å². The zero-order valence-corrected chi connectivity index (χ0v) is 12.2. The van der Waals surface area contributed by atoms with Gasteiger partial charge in [-0.15, -0.1) is 0 Å². The quantitative estimate of drug-likeness (QED) is 0.754. The first-order valence-corrected chi connectivity index (χ1v) is 6.50. The molecule has 19 heavy (non-hydrogen) atoms. The third-order valence-corrected chi connectivity index (χ3v) is 3.55. The minimum Gasteiger partial charge on any atom is -0.495 e. The molecule has 0 unspecified atom stereocenters. The SMILES string of the molecule is COc1cc(C(=O)c2c(Cl)cccc2Cl)ccc1Cl. The Balaban J connectivity index is 2.50. The second-order valence-corrected chi connectivity index (χ2v) is 5.00. The van der Waals surface area contributed by atoms with E-state index in [2.05, 4.69) is 0 Å². The predicted octanol–water partition coefficient (Wildman–Crippen LogP) is 4.89. The van der Waals surface area contributed by atoms with Crippen LogP contribution in [0.5, 0.6) is 5.75 Å². The normalized spacial score (nSPS) is 10.3. The fraction of sp³-hybridized carbons (Fsp3) is 0.0714. The average molecular weight is 316 g/mol. The van der Waals surface area contributed by atoms with Gasteiger partial charge in [0, 0.05) is 5.56 Å². The third kappa shape index (κ3) is 2.86. The summed E-state index contributed by atoms with van der Waals surface area (Å²) in [6.45, 7) is 0. The number of rotatable bonds is 3. The van der Waals surface area contributed by atoms with E-state index in [1.165, 1.54) is 7.11 Å². The third-order valence-electron chi connectivity index (χ3n) is 2.60. The summed E-state index contributed by atoms with van der Waals surface area (Å²) in [4.78, 5) is 12.4. The number of carbonyl (C=O) groups excluding carboxylic acids is 1. The minimum absolute atomic E-state index is 0.273. The Hall–Kier alpha value is -1.22. The van der Waals surface area contributed by atoms with Gasteiger partial charge < -0.3 is 4.74 Å². The van der Waals surface area contributed by atoms with Crippen LogP contribution in [0.1, 0.15) is 15.9 Å². The summed E-state index contributed by atoms with van der Waals surface area (Å²) in [5.41, 5.74) is 0.687. The molecule has 0 aliphatic rings. The lowest BCUT2D eigenvalue weighted by Gasteiger charge is -2.08. The molecular formula is C14H9Cl3O2. The van der Waals surface area contributed by atoms with E-state index in [1.54, 1.807) is 36.4 Å². The second-order valence-electron chi connectivity index (χ2n) is 3.78. The maximum Gasteiger partial charge on any atom is 0.196 e. The number of ether oxygens (including phenoxy) is 1. The van der Waals surface area contributed by atoms with E-state index in [-0.39, 0.29) is 11.3 Å².